The number of hydrogen-bond donors (Lipinski definition) is 0. The van der Waals surface area contributed by atoms with E-state index in [-0.39, 0.29) is 40.7 Å². The molecule has 0 aromatic rings. The van der Waals surface area contributed by atoms with Crippen molar-refractivity contribution < 1.29 is 23.8 Å². The van der Waals surface area contributed by atoms with Gasteiger partial charge in [0, 0.05) is 31.6 Å². The molecular weight excluding hydrogens is 428 g/mol. The largest absolute Gasteiger partial charge is 0.463 e. The summed E-state index contributed by atoms with van der Waals surface area (Å²) in [5, 5.41) is 0. The molecule has 12 atom stereocenters. The van der Waals surface area contributed by atoms with E-state index in [1.54, 1.807) is 0 Å². The quantitative estimate of drug-likeness (QED) is 0.469. The van der Waals surface area contributed by atoms with E-state index in [9.17, 15) is 9.59 Å². The van der Waals surface area contributed by atoms with Crippen LogP contribution in [0.25, 0.3) is 0 Å². The number of esters is 1. The second-order valence-corrected chi connectivity index (χ2v) is 13.6. The van der Waals surface area contributed by atoms with Gasteiger partial charge in [0.2, 0.25) is 0 Å². The predicted molar refractivity (Wildman–Crippen MR) is 128 cm³/mol. The van der Waals surface area contributed by atoms with E-state index in [0.29, 0.717) is 47.7 Å². The first-order valence-corrected chi connectivity index (χ1v) is 14.1. The lowest BCUT2D eigenvalue weighted by atomic mass is 9.44. The summed E-state index contributed by atoms with van der Waals surface area (Å²) in [5.74, 6) is 3.10. The zero-order chi connectivity index (χ0) is 24.0. The molecule has 5 heteroatoms. The van der Waals surface area contributed by atoms with Gasteiger partial charge in [0.15, 0.2) is 5.79 Å². The van der Waals surface area contributed by atoms with E-state index in [4.69, 9.17) is 14.2 Å². The fourth-order valence-electron chi connectivity index (χ4n) is 10.4. The summed E-state index contributed by atoms with van der Waals surface area (Å²) in [5.41, 5.74) is 0.283. The van der Waals surface area contributed by atoms with E-state index in [1.165, 1.54) is 26.2 Å². The molecule has 8 unspecified atom stereocenters. The van der Waals surface area contributed by atoms with Gasteiger partial charge in [-0.25, -0.2) is 0 Å². The summed E-state index contributed by atoms with van der Waals surface area (Å²) in [6.07, 6.45) is 9.30. The normalized spacial score (nSPS) is 56.4. The van der Waals surface area contributed by atoms with Crippen LogP contribution in [0.1, 0.15) is 92.4 Å². The van der Waals surface area contributed by atoms with Crippen molar-refractivity contribution in [1.82, 2.24) is 0 Å². The standard InChI is InChI=1S/C29H44O5/c1-16-6-11-29(32-15-16)17(2)26-25(34-29)14-22-20-13-24(31)23-12-19(33-18(3)30)7-9-27(23,4)21(20)8-10-28(22,26)5/h16-17,19-23,25-26H,6-15H2,1-5H3/t16?,17-,19?,20?,21?,22?,23?,25?,26?,27-,28+,29+/m1/s1. The maximum absolute atomic E-state index is 13.6. The third kappa shape index (κ3) is 3.17. The number of ether oxygens (including phenoxy) is 3. The fraction of sp³-hybridized carbons (Fsp3) is 0.931. The van der Waals surface area contributed by atoms with Crippen LogP contribution in [0.3, 0.4) is 0 Å². The fourth-order valence-corrected chi connectivity index (χ4v) is 10.4. The van der Waals surface area contributed by atoms with E-state index < -0.39 is 0 Å². The molecule has 0 amide bonds. The number of fused-ring (bicyclic) bond motifs is 7. The average Bonchev–Trinajstić information content (AvgIpc) is 3.22. The van der Waals surface area contributed by atoms with Crippen molar-refractivity contribution in [1.29, 1.82) is 0 Å². The van der Waals surface area contributed by atoms with Gasteiger partial charge in [-0.1, -0.05) is 27.7 Å². The van der Waals surface area contributed by atoms with Crippen LogP contribution in [0.15, 0.2) is 0 Å². The van der Waals surface area contributed by atoms with Crippen LogP contribution in [-0.2, 0) is 23.8 Å². The van der Waals surface area contributed by atoms with E-state index in [0.717, 1.165) is 38.7 Å². The lowest BCUT2D eigenvalue weighted by molar-refractivity contribution is -0.273. The molecule has 1 spiro atoms. The van der Waals surface area contributed by atoms with Crippen LogP contribution >= 0.6 is 0 Å². The molecule has 0 aromatic heterocycles. The molecule has 190 valence electrons. The molecule has 6 aliphatic rings. The number of carbonyl (C=O) groups is 2. The van der Waals surface area contributed by atoms with Gasteiger partial charge in [-0.05, 0) is 85.4 Å². The lowest BCUT2D eigenvalue weighted by Crippen LogP contribution is -2.57. The predicted octanol–water partition coefficient (Wildman–Crippen LogP) is 5.54. The minimum absolute atomic E-state index is 0.0476. The maximum Gasteiger partial charge on any atom is 0.302 e. The summed E-state index contributed by atoms with van der Waals surface area (Å²) in [6, 6.07) is 0. The first kappa shape index (κ1) is 23.5. The minimum atomic E-state index is -0.374. The molecule has 0 aromatic carbocycles. The van der Waals surface area contributed by atoms with Gasteiger partial charge in [0.1, 0.15) is 11.9 Å². The molecule has 2 saturated heterocycles. The van der Waals surface area contributed by atoms with Gasteiger partial charge in [0.25, 0.3) is 0 Å². The highest BCUT2D eigenvalue weighted by Crippen LogP contribution is 2.71. The summed E-state index contributed by atoms with van der Waals surface area (Å²) >= 11 is 0. The van der Waals surface area contributed by atoms with Crippen LogP contribution in [0.5, 0.6) is 0 Å². The Kier molecular flexibility index (Phi) is 5.37. The van der Waals surface area contributed by atoms with E-state index >= 15 is 0 Å². The molecule has 6 rings (SSSR count). The summed E-state index contributed by atoms with van der Waals surface area (Å²) in [4.78, 5) is 25.1. The van der Waals surface area contributed by atoms with Crippen LogP contribution in [0.2, 0.25) is 0 Å². The third-order valence-electron chi connectivity index (χ3n) is 12.0. The van der Waals surface area contributed by atoms with Crippen molar-refractivity contribution in [2.24, 2.45) is 52.3 Å². The number of carbonyl (C=O) groups excluding carboxylic acids is 2. The summed E-state index contributed by atoms with van der Waals surface area (Å²) < 4.78 is 18.9. The van der Waals surface area contributed by atoms with Gasteiger partial charge in [-0.2, -0.15) is 0 Å². The van der Waals surface area contributed by atoms with Crippen molar-refractivity contribution in [3.8, 4) is 0 Å². The van der Waals surface area contributed by atoms with Crippen molar-refractivity contribution in [3.05, 3.63) is 0 Å². The molecule has 2 aliphatic heterocycles. The first-order chi connectivity index (χ1) is 16.1. The molecule has 0 radical (unpaired) electrons. The number of hydrogen-bond acceptors (Lipinski definition) is 5. The van der Waals surface area contributed by atoms with E-state index in [1.807, 2.05) is 0 Å². The highest BCUT2D eigenvalue weighted by molar-refractivity contribution is 5.83. The Morgan fingerprint density at radius 2 is 1.76 bits per heavy atom. The van der Waals surface area contributed by atoms with Crippen LogP contribution in [0.4, 0.5) is 0 Å². The molecule has 6 fully saturated rings. The van der Waals surface area contributed by atoms with Gasteiger partial charge in [-0.3, -0.25) is 9.59 Å². The maximum atomic E-state index is 13.6. The number of Topliss-reactive ketones (excluding diaryl/α,β-unsaturated/α-hetero) is 1. The second-order valence-electron chi connectivity index (χ2n) is 13.6. The Bertz CT molecular complexity index is 861. The van der Waals surface area contributed by atoms with Crippen molar-refractivity contribution in [3.63, 3.8) is 0 Å². The Morgan fingerprint density at radius 3 is 2.47 bits per heavy atom. The Morgan fingerprint density at radius 1 is 1.00 bits per heavy atom. The highest BCUT2D eigenvalue weighted by Gasteiger charge is 2.69. The number of rotatable bonds is 1. The first-order valence-electron chi connectivity index (χ1n) is 14.1. The molecule has 5 nitrogen and oxygen atoms in total. The lowest BCUT2D eigenvalue weighted by Gasteiger charge is -2.60. The third-order valence-corrected chi connectivity index (χ3v) is 12.0. The molecular formula is C29H44O5. The number of ketones is 1. The smallest absolute Gasteiger partial charge is 0.302 e. The Hall–Kier alpha value is -0.940. The van der Waals surface area contributed by atoms with Gasteiger partial charge in [-0.15, -0.1) is 0 Å². The molecule has 2 heterocycles. The molecule has 34 heavy (non-hydrogen) atoms. The molecule has 4 saturated carbocycles. The van der Waals surface area contributed by atoms with Gasteiger partial charge < -0.3 is 14.2 Å². The van der Waals surface area contributed by atoms with Crippen molar-refractivity contribution in [2.45, 2.75) is 110 Å². The van der Waals surface area contributed by atoms with E-state index in [2.05, 4.69) is 27.7 Å². The highest BCUT2D eigenvalue weighted by atomic mass is 16.7. The minimum Gasteiger partial charge on any atom is -0.463 e. The second kappa shape index (κ2) is 7.78. The van der Waals surface area contributed by atoms with Crippen LogP contribution in [-0.4, -0.2) is 36.4 Å². The van der Waals surface area contributed by atoms with Gasteiger partial charge in [0.05, 0.1) is 12.7 Å². The summed E-state index contributed by atoms with van der Waals surface area (Å²) in [6.45, 7) is 11.9. The van der Waals surface area contributed by atoms with Crippen molar-refractivity contribution >= 4 is 11.8 Å². The molecule has 4 aliphatic carbocycles. The van der Waals surface area contributed by atoms with Crippen LogP contribution < -0.4 is 0 Å². The SMILES string of the molecule is CC(=O)OC1CC[C@@]2(C)C(C1)C(=O)CC1C2CC[C@@]2(C)C1CC1O[C@@]3(CCC(C)CO3)[C@H](C)C12. The van der Waals surface area contributed by atoms with Crippen LogP contribution in [0, 0.1) is 52.3 Å². The summed E-state index contributed by atoms with van der Waals surface area (Å²) in [7, 11) is 0. The topological polar surface area (TPSA) is 61.8 Å². The zero-order valence-electron chi connectivity index (χ0n) is 21.8. The van der Waals surface area contributed by atoms with Gasteiger partial charge >= 0.3 is 5.97 Å². The molecule has 0 bridgehead atoms. The monoisotopic (exact) mass is 472 g/mol. The zero-order valence-corrected chi connectivity index (χ0v) is 21.8. The average molecular weight is 473 g/mol. The van der Waals surface area contributed by atoms with Crippen molar-refractivity contribution in [2.75, 3.05) is 6.61 Å². The molecule has 0 N–H and O–H groups in total. The Labute approximate surface area is 205 Å². The Balaban J connectivity index is 1.24.